The summed E-state index contributed by atoms with van der Waals surface area (Å²) in [5.41, 5.74) is 6.69. The lowest BCUT2D eigenvalue weighted by Gasteiger charge is -2.11. The fourth-order valence-electron chi connectivity index (χ4n) is 3.93. The number of carboxylic acid groups (broad SMARTS) is 1. The van der Waals surface area contributed by atoms with Crippen molar-refractivity contribution < 1.29 is 14.6 Å². The van der Waals surface area contributed by atoms with E-state index in [1.54, 1.807) is 0 Å². The van der Waals surface area contributed by atoms with Crippen LogP contribution in [-0.2, 0) is 19.5 Å². The van der Waals surface area contributed by atoms with Crippen LogP contribution in [-0.4, -0.2) is 28.8 Å². The number of hydrogen-bond donors (Lipinski definition) is 2. The summed E-state index contributed by atoms with van der Waals surface area (Å²) in [6.45, 7) is 10.6. The number of aromatic nitrogens is 1. The molecule has 0 unspecified atom stereocenters. The molecular formula is C26H32N2O3. The lowest BCUT2D eigenvalue weighted by Crippen LogP contribution is -2.18. The summed E-state index contributed by atoms with van der Waals surface area (Å²) < 4.78 is 7.59. The van der Waals surface area contributed by atoms with Gasteiger partial charge in [0.2, 0.25) is 0 Å². The fraction of sp³-hybridized carbons (Fsp3) is 0.346. The highest BCUT2D eigenvalue weighted by atomic mass is 16.5. The largest absolute Gasteiger partial charge is 0.494 e. The second-order valence-corrected chi connectivity index (χ2v) is 7.91. The summed E-state index contributed by atoms with van der Waals surface area (Å²) in [6, 6.07) is 16.5. The molecule has 2 N–H and O–H groups in total. The van der Waals surface area contributed by atoms with E-state index in [1.165, 1.54) is 16.7 Å². The summed E-state index contributed by atoms with van der Waals surface area (Å²) in [5, 5.41) is 13.3. The number of nitrogens with zero attached hydrogens (tertiary/aromatic N) is 1. The summed E-state index contributed by atoms with van der Waals surface area (Å²) >= 11 is 0. The smallest absolute Gasteiger partial charge is 0.337 e. The first-order chi connectivity index (χ1) is 14.9. The Balaban J connectivity index is 1.68. The van der Waals surface area contributed by atoms with Gasteiger partial charge in [0.05, 0.1) is 12.2 Å². The molecule has 164 valence electrons. The number of nitrogens with one attached hydrogen (secondary N) is 1. The van der Waals surface area contributed by atoms with Gasteiger partial charge in [-0.1, -0.05) is 42.0 Å². The van der Waals surface area contributed by atoms with Gasteiger partial charge in [-0.15, -0.1) is 0 Å². The van der Waals surface area contributed by atoms with Gasteiger partial charge in [-0.25, -0.2) is 4.79 Å². The van der Waals surface area contributed by atoms with Gasteiger partial charge in [0, 0.05) is 30.0 Å². The average molecular weight is 421 g/mol. The molecule has 1 aromatic heterocycles. The Kier molecular flexibility index (Phi) is 7.53. The Morgan fingerprint density at radius 3 is 2.23 bits per heavy atom. The Bertz CT molecular complexity index is 1020. The maximum Gasteiger partial charge on any atom is 0.337 e. The fourth-order valence-corrected chi connectivity index (χ4v) is 3.93. The van der Waals surface area contributed by atoms with Gasteiger partial charge in [-0.3, -0.25) is 0 Å². The molecule has 0 aliphatic heterocycles. The molecule has 31 heavy (non-hydrogen) atoms. The van der Waals surface area contributed by atoms with Crippen LogP contribution in [0.25, 0.3) is 0 Å². The van der Waals surface area contributed by atoms with Crippen molar-refractivity contribution >= 4 is 5.97 Å². The number of aromatic carboxylic acids is 1. The van der Waals surface area contributed by atoms with Crippen LogP contribution in [0.15, 0.2) is 48.5 Å². The quantitative estimate of drug-likeness (QED) is 0.458. The van der Waals surface area contributed by atoms with E-state index < -0.39 is 5.97 Å². The van der Waals surface area contributed by atoms with Crippen molar-refractivity contribution in [2.45, 2.75) is 47.2 Å². The molecule has 3 rings (SSSR count). The lowest BCUT2D eigenvalue weighted by molar-refractivity contribution is 0.0694. The van der Waals surface area contributed by atoms with Crippen LogP contribution in [0, 0.1) is 20.8 Å². The van der Waals surface area contributed by atoms with E-state index in [-0.39, 0.29) is 0 Å². The van der Waals surface area contributed by atoms with E-state index in [9.17, 15) is 9.90 Å². The summed E-state index contributed by atoms with van der Waals surface area (Å²) in [6.07, 6.45) is 0.872. The predicted octanol–water partition coefficient (Wildman–Crippen LogP) is 4.89. The van der Waals surface area contributed by atoms with Gasteiger partial charge in [-0.05, 0) is 63.9 Å². The Morgan fingerprint density at radius 1 is 0.968 bits per heavy atom. The summed E-state index contributed by atoms with van der Waals surface area (Å²) in [4.78, 5) is 12.0. The third-order valence-corrected chi connectivity index (χ3v) is 5.71. The maximum absolute atomic E-state index is 12.0. The highest BCUT2D eigenvalue weighted by Crippen LogP contribution is 2.24. The van der Waals surface area contributed by atoms with Crippen molar-refractivity contribution in [3.05, 3.63) is 87.7 Å². The van der Waals surface area contributed by atoms with Crippen molar-refractivity contribution in [2.75, 3.05) is 13.2 Å². The summed E-state index contributed by atoms with van der Waals surface area (Å²) in [7, 11) is 0. The van der Waals surface area contributed by atoms with Crippen molar-refractivity contribution in [3.63, 3.8) is 0 Å². The van der Waals surface area contributed by atoms with E-state index >= 15 is 0 Å². The molecule has 0 aliphatic rings. The highest BCUT2D eigenvalue weighted by molar-refractivity contribution is 5.91. The number of carbonyl (C=O) groups is 1. The van der Waals surface area contributed by atoms with Gasteiger partial charge >= 0.3 is 5.97 Å². The molecule has 0 amide bonds. The van der Waals surface area contributed by atoms with Crippen molar-refractivity contribution in [2.24, 2.45) is 0 Å². The van der Waals surface area contributed by atoms with E-state index in [4.69, 9.17) is 4.74 Å². The maximum atomic E-state index is 12.0. The zero-order chi connectivity index (χ0) is 22.4. The van der Waals surface area contributed by atoms with Gasteiger partial charge in [0.15, 0.2) is 0 Å². The zero-order valence-electron chi connectivity index (χ0n) is 18.9. The minimum atomic E-state index is -0.869. The first kappa shape index (κ1) is 22.6. The number of hydrogen-bond acceptors (Lipinski definition) is 3. The van der Waals surface area contributed by atoms with Crippen LogP contribution in [0.2, 0.25) is 0 Å². The van der Waals surface area contributed by atoms with E-state index in [0.29, 0.717) is 25.3 Å². The molecule has 1 heterocycles. The number of aryl methyl sites for hydroxylation is 1. The molecular weight excluding hydrogens is 388 g/mol. The van der Waals surface area contributed by atoms with Crippen LogP contribution in [0.1, 0.15) is 50.9 Å². The molecule has 0 bridgehead atoms. The SMILES string of the molecule is CCOc1ccc(CCNCc2c(C(=O)O)c(C)n(Cc3ccc(C)cc3)c2C)cc1. The van der Waals surface area contributed by atoms with Gasteiger partial charge in [0.1, 0.15) is 5.75 Å². The molecule has 3 aromatic rings. The molecule has 5 nitrogen and oxygen atoms in total. The van der Waals surface area contributed by atoms with Crippen molar-refractivity contribution in [1.29, 1.82) is 0 Å². The first-order valence-corrected chi connectivity index (χ1v) is 10.8. The molecule has 5 heteroatoms. The van der Waals surface area contributed by atoms with Crippen LogP contribution in [0.5, 0.6) is 5.75 Å². The molecule has 0 aliphatic carbocycles. The zero-order valence-corrected chi connectivity index (χ0v) is 18.9. The molecule has 0 spiro atoms. The van der Waals surface area contributed by atoms with Gasteiger partial charge in [-0.2, -0.15) is 0 Å². The number of carboxylic acids is 1. The molecule has 0 radical (unpaired) electrons. The van der Waals surface area contributed by atoms with Gasteiger partial charge < -0.3 is 19.7 Å². The van der Waals surface area contributed by atoms with Crippen LogP contribution < -0.4 is 10.1 Å². The third-order valence-electron chi connectivity index (χ3n) is 5.71. The molecule has 0 saturated heterocycles. The first-order valence-electron chi connectivity index (χ1n) is 10.8. The molecule has 0 atom stereocenters. The predicted molar refractivity (Wildman–Crippen MR) is 124 cm³/mol. The summed E-state index contributed by atoms with van der Waals surface area (Å²) in [5.74, 6) is 0.0119. The normalized spacial score (nSPS) is 11.0. The number of ether oxygens (including phenoxy) is 1. The van der Waals surface area contributed by atoms with Crippen molar-refractivity contribution in [3.8, 4) is 5.75 Å². The standard InChI is InChI=1S/C26H32N2O3/c1-5-31-23-12-10-21(11-13-23)14-15-27-16-24-19(3)28(20(4)25(24)26(29)30)17-22-8-6-18(2)7-9-22/h6-13,27H,5,14-17H2,1-4H3,(H,29,30). The minimum absolute atomic E-state index is 0.415. The second kappa shape index (κ2) is 10.3. The molecule has 0 fully saturated rings. The van der Waals surface area contributed by atoms with Crippen molar-refractivity contribution in [1.82, 2.24) is 9.88 Å². The Labute approximate surface area is 184 Å². The second-order valence-electron chi connectivity index (χ2n) is 7.91. The van der Waals surface area contributed by atoms with E-state index in [2.05, 4.69) is 53.2 Å². The lowest BCUT2D eigenvalue weighted by atomic mass is 10.1. The average Bonchev–Trinajstić information content (AvgIpc) is 2.98. The number of rotatable bonds is 10. The third kappa shape index (κ3) is 5.56. The molecule has 0 saturated carbocycles. The van der Waals surface area contributed by atoms with Crippen LogP contribution in [0.4, 0.5) is 0 Å². The van der Waals surface area contributed by atoms with Crippen LogP contribution in [0.3, 0.4) is 0 Å². The Morgan fingerprint density at radius 2 is 1.61 bits per heavy atom. The molecule has 2 aromatic carbocycles. The number of benzene rings is 2. The Hall–Kier alpha value is -3.05. The van der Waals surface area contributed by atoms with Crippen LogP contribution >= 0.6 is 0 Å². The van der Waals surface area contributed by atoms with Gasteiger partial charge in [0.25, 0.3) is 0 Å². The van der Waals surface area contributed by atoms with E-state index in [0.717, 1.165) is 35.7 Å². The minimum Gasteiger partial charge on any atom is -0.494 e. The topological polar surface area (TPSA) is 63.5 Å². The monoisotopic (exact) mass is 420 g/mol. The van der Waals surface area contributed by atoms with E-state index in [1.807, 2.05) is 32.9 Å². The highest BCUT2D eigenvalue weighted by Gasteiger charge is 2.22.